The Hall–Kier alpha value is -1.06. The Kier molecular flexibility index (Phi) is 1.67. The molecule has 0 amide bonds. The minimum absolute atomic E-state index is 0. The first-order valence-corrected chi connectivity index (χ1v) is 2.91. The summed E-state index contributed by atoms with van der Waals surface area (Å²) in [6.07, 6.45) is 1.48. The summed E-state index contributed by atoms with van der Waals surface area (Å²) in [7, 11) is 0. The second-order valence-electron chi connectivity index (χ2n) is 2.13. The number of anilines is 1. The largest absolute Gasteiger partial charge is 0.352 e. The minimum Gasteiger partial charge on any atom is -0.352 e. The Labute approximate surface area is 55.2 Å². The number of hydrogen-bond acceptors (Lipinski definition) is 3. The zero-order valence-electron chi connectivity index (χ0n) is 5.55. The maximum absolute atomic E-state index is 3.88. The van der Waals surface area contributed by atoms with Gasteiger partial charge in [0.1, 0.15) is 6.33 Å². The van der Waals surface area contributed by atoms with Crippen LogP contribution in [0.15, 0.2) is 6.33 Å². The number of aromatic amines is 1. The lowest BCUT2D eigenvalue weighted by atomic mass is 10.4. The van der Waals surface area contributed by atoms with E-state index >= 15 is 0 Å². The number of aromatic nitrogens is 3. The van der Waals surface area contributed by atoms with Gasteiger partial charge in [0.25, 0.3) is 0 Å². The van der Waals surface area contributed by atoms with Crippen molar-refractivity contribution in [3.05, 3.63) is 6.33 Å². The molecule has 0 unspecified atom stereocenters. The molecule has 0 atom stereocenters. The number of nitrogens with zero attached hydrogens (tertiary/aromatic N) is 2. The molecule has 0 aromatic carbocycles. The molecular formula is C5H12N4. The molecule has 0 radical (unpaired) electrons. The summed E-state index contributed by atoms with van der Waals surface area (Å²) in [6.45, 7) is 4.09. The number of rotatable bonds is 2. The molecule has 0 aliphatic heterocycles. The van der Waals surface area contributed by atoms with Gasteiger partial charge >= 0.3 is 0 Å². The third kappa shape index (κ3) is 1.71. The van der Waals surface area contributed by atoms with E-state index in [-0.39, 0.29) is 1.43 Å². The molecule has 0 spiro atoms. The Bertz CT molecular complexity index is 160. The second-order valence-corrected chi connectivity index (χ2v) is 2.13. The number of hydrogen-bond donors (Lipinski definition) is 2. The summed E-state index contributed by atoms with van der Waals surface area (Å²) < 4.78 is 0. The van der Waals surface area contributed by atoms with Crippen LogP contribution < -0.4 is 5.32 Å². The third-order valence-corrected chi connectivity index (χ3v) is 0.840. The molecule has 0 saturated carbocycles. The molecule has 1 rings (SSSR count). The third-order valence-electron chi connectivity index (χ3n) is 0.840. The summed E-state index contributed by atoms with van der Waals surface area (Å²) in [5.41, 5.74) is 0. The Balaban J connectivity index is 0.000000810. The first kappa shape index (κ1) is 6.07. The smallest absolute Gasteiger partial charge is 0.218 e. The van der Waals surface area contributed by atoms with Crippen molar-refractivity contribution in [3.63, 3.8) is 0 Å². The highest BCUT2D eigenvalue weighted by atomic mass is 15.3. The predicted octanol–water partition coefficient (Wildman–Crippen LogP) is 0.871. The molecule has 0 saturated heterocycles. The maximum atomic E-state index is 3.88. The van der Waals surface area contributed by atoms with E-state index in [0.29, 0.717) is 6.04 Å². The van der Waals surface area contributed by atoms with Gasteiger partial charge in [0.15, 0.2) is 0 Å². The molecule has 0 fully saturated rings. The van der Waals surface area contributed by atoms with Crippen molar-refractivity contribution in [1.82, 2.24) is 15.2 Å². The van der Waals surface area contributed by atoms with Gasteiger partial charge in [-0.3, -0.25) is 0 Å². The number of nitrogens with one attached hydrogen (secondary N) is 2. The standard InChI is InChI=1S/C5H10N4.H2/c1-4(2)8-5-6-3-7-9-5;/h3-4H,1-2H3,(H2,6,7,8,9);1H. The highest BCUT2D eigenvalue weighted by Crippen LogP contribution is 1.94. The van der Waals surface area contributed by atoms with Crippen LogP contribution in [0.25, 0.3) is 0 Å². The van der Waals surface area contributed by atoms with Crippen molar-refractivity contribution in [3.8, 4) is 0 Å². The van der Waals surface area contributed by atoms with Gasteiger partial charge in [-0.05, 0) is 13.8 Å². The average molecular weight is 128 g/mol. The van der Waals surface area contributed by atoms with Crippen LogP contribution in [0.5, 0.6) is 0 Å². The Morgan fingerprint density at radius 1 is 1.78 bits per heavy atom. The van der Waals surface area contributed by atoms with E-state index in [1.165, 1.54) is 6.33 Å². The van der Waals surface area contributed by atoms with Crippen molar-refractivity contribution in [2.45, 2.75) is 19.9 Å². The average Bonchev–Trinajstić information content (AvgIpc) is 2.15. The monoisotopic (exact) mass is 128 g/mol. The SMILES string of the molecule is CC(C)Nc1ncn[nH]1.[HH]. The van der Waals surface area contributed by atoms with Crippen LogP contribution in [0.4, 0.5) is 5.95 Å². The summed E-state index contributed by atoms with van der Waals surface area (Å²) in [5.74, 6) is 0.727. The van der Waals surface area contributed by atoms with E-state index in [9.17, 15) is 0 Å². The van der Waals surface area contributed by atoms with E-state index < -0.39 is 0 Å². The molecule has 4 nitrogen and oxygen atoms in total. The molecule has 2 N–H and O–H groups in total. The normalized spacial score (nSPS) is 10.1. The van der Waals surface area contributed by atoms with E-state index in [1.54, 1.807) is 0 Å². The summed E-state index contributed by atoms with van der Waals surface area (Å²) in [6, 6.07) is 0.401. The summed E-state index contributed by atoms with van der Waals surface area (Å²) in [5, 5.41) is 9.43. The molecule has 1 aromatic heterocycles. The molecule has 0 bridgehead atoms. The molecule has 1 aromatic rings. The Morgan fingerprint density at radius 3 is 3.00 bits per heavy atom. The van der Waals surface area contributed by atoms with Gasteiger partial charge in [0.05, 0.1) is 0 Å². The summed E-state index contributed by atoms with van der Waals surface area (Å²) in [4.78, 5) is 3.88. The van der Waals surface area contributed by atoms with Gasteiger partial charge in [-0.25, -0.2) is 10.1 Å². The topological polar surface area (TPSA) is 53.6 Å². The van der Waals surface area contributed by atoms with Gasteiger partial charge in [-0.1, -0.05) is 0 Å². The molecule has 0 aliphatic rings. The second kappa shape index (κ2) is 2.48. The molecular weight excluding hydrogens is 116 g/mol. The predicted molar refractivity (Wildman–Crippen MR) is 37.3 cm³/mol. The van der Waals surface area contributed by atoms with Crippen LogP contribution in [0.3, 0.4) is 0 Å². The molecule has 4 heteroatoms. The molecule has 9 heavy (non-hydrogen) atoms. The lowest BCUT2D eigenvalue weighted by Gasteiger charge is -2.03. The molecule has 0 aliphatic carbocycles. The van der Waals surface area contributed by atoms with Gasteiger partial charge in [-0.2, -0.15) is 5.10 Å². The van der Waals surface area contributed by atoms with Crippen molar-refractivity contribution in [2.75, 3.05) is 5.32 Å². The van der Waals surface area contributed by atoms with Crippen molar-refractivity contribution in [2.24, 2.45) is 0 Å². The maximum Gasteiger partial charge on any atom is 0.218 e. The zero-order chi connectivity index (χ0) is 6.69. The molecule has 1 heterocycles. The van der Waals surface area contributed by atoms with Crippen molar-refractivity contribution in [1.29, 1.82) is 0 Å². The highest BCUT2D eigenvalue weighted by Gasteiger charge is 1.94. The van der Waals surface area contributed by atoms with E-state index in [2.05, 4.69) is 20.5 Å². The van der Waals surface area contributed by atoms with Gasteiger partial charge < -0.3 is 5.32 Å². The molecule has 52 valence electrons. The Morgan fingerprint density at radius 2 is 2.56 bits per heavy atom. The highest BCUT2D eigenvalue weighted by molar-refractivity contribution is 5.21. The first-order valence-electron chi connectivity index (χ1n) is 2.91. The van der Waals surface area contributed by atoms with E-state index in [4.69, 9.17) is 0 Å². The van der Waals surface area contributed by atoms with Gasteiger partial charge in [0, 0.05) is 7.47 Å². The van der Waals surface area contributed by atoms with Crippen LogP contribution >= 0.6 is 0 Å². The summed E-state index contributed by atoms with van der Waals surface area (Å²) >= 11 is 0. The lowest BCUT2D eigenvalue weighted by molar-refractivity contribution is 0.876. The fourth-order valence-electron chi connectivity index (χ4n) is 0.548. The van der Waals surface area contributed by atoms with Gasteiger partial charge in [-0.15, -0.1) is 0 Å². The lowest BCUT2D eigenvalue weighted by Crippen LogP contribution is -2.10. The zero-order valence-corrected chi connectivity index (χ0v) is 5.55. The quantitative estimate of drug-likeness (QED) is 0.621. The fraction of sp³-hybridized carbons (Fsp3) is 0.600. The van der Waals surface area contributed by atoms with E-state index in [1.807, 2.05) is 13.8 Å². The van der Waals surface area contributed by atoms with Gasteiger partial charge in [0.2, 0.25) is 5.95 Å². The van der Waals surface area contributed by atoms with Crippen molar-refractivity contribution >= 4 is 5.95 Å². The number of H-pyrrole nitrogens is 1. The van der Waals surface area contributed by atoms with Crippen molar-refractivity contribution < 1.29 is 1.43 Å². The van der Waals surface area contributed by atoms with E-state index in [0.717, 1.165) is 5.95 Å². The fourth-order valence-corrected chi connectivity index (χ4v) is 0.548. The van der Waals surface area contributed by atoms with Crippen LogP contribution in [-0.2, 0) is 0 Å². The van der Waals surface area contributed by atoms with Crippen LogP contribution in [0.2, 0.25) is 0 Å². The first-order chi connectivity index (χ1) is 4.29. The van der Waals surface area contributed by atoms with Crippen LogP contribution in [0, 0.1) is 0 Å². The van der Waals surface area contributed by atoms with Crippen LogP contribution in [0.1, 0.15) is 15.3 Å². The van der Waals surface area contributed by atoms with Crippen LogP contribution in [-0.4, -0.2) is 21.2 Å². The minimum atomic E-state index is 0.